The van der Waals surface area contributed by atoms with Crippen LogP contribution in [-0.4, -0.2) is 18.5 Å². The first-order valence-corrected chi connectivity index (χ1v) is 3.43. The summed E-state index contributed by atoms with van der Waals surface area (Å²) in [4.78, 5) is 3.97. The Morgan fingerprint density at radius 2 is 2.20 bits per heavy atom. The van der Waals surface area contributed by atoms with E-state index in [0.29, 0.717) is 5.71 Å². The van der Waals surface area contributed by atoms with Crippen molar-refractivity contribution >= 4 is 11.4 Å². The normalized spacial score (nSPS) is 12.5. The van der Waals surface area contributed by atoms with Gasteiger partial charge in [-0.1, -0.05) is 13.0 Å². The van der Waals surface area contributed by atoms with Gasteiger partial charge in [-0.25, -0.2) is 0 Å². The Morgan fingerprint density at radius 3 is 2.50 bits per heavy atom. The van der Waals surface area contributed by atoms with Crippen LogP contribution >= 0.6 is 0 Å². The number of allylic oxidation sites excluding steroid dienone is 2. The Morgan fingerprint density at radius 1 is 1.60 bits per heavy atom. The molecule has 0 fully saturated rings. The summed E-state index contributed by atoms with van der Waals surface area (Å²) in [5.41, 5.74) is 1.38. The van der Waals surface area contributed by atoms with Gasteiger partial charge in [0, 0.05) is 7.05 Å². The molecule has 1 N–H and O–H groups in total. The third-order valence-corrected chi connectivity index (χ3v) is 1.25. The van der Waals surface area contributed by atoms with E-state index in [1.807, 2.05) is 19.9 Å². The molecule has 0 aromatic rings. The van der Waals surface area contributed by atoms with Gasteiger partial charge in [0.1, 0.15) is 0 Å². The van der Waals surface area contributed by atoms with Crippen LogP contribution in [0.25, 0.3) is 0 Å². The minimum absolute atomic E-state index is 0.521. The quantitative estimate of drug-likeness (QED) is 0.579. The molecule has 0 aliphatic heterocycles. The molecule has 0 aromatic heterocycles. The molecular formula is C8H14N2. The molecule has 0 unspecified atom stereocenters. The molecule has 0 heterocycles. The zero-order valence-corrected chi connectivity index (χ0v) is 6.81. The highest BCUT2D eigenvalue weighted by Gasteiger charge is 1.96. The molecule has 0 atom stereocenters. The van der Waals surface area contributed by atoms with Crippen LogP contribution in [0.1, 0.15) is 20.3 Å². The van der Waals surface area contributed by atoms with Gasteiger partial charge in [-0.2, -0.15) is 0 Å². The van der Waals surface area contributed by atoms with Crippen LogP contribution in [-0.2, 0) is 0 Å². The molecule has 2 heteroatoms. The Labute approximate surface area is 62.2 Å². The summed E-state index contributed by atoms with van der Waals surface area (Å²) in [6.07, 6.45) is 4.44. The number of aliphatic imine (C=N–C) groups is 1. The Hall–Kier alpha value is -0.920. The summed E-state index contributed by atoms with van der Waals surface area (Å²) >= 11 is 0. The lowest BCUT2D eigenvalue weighted by Gasteiger charge is -1.97. The Bertz CT molecular complexity index is 166. The van der Waals surface area contributed by atoms with Crippen LogP contribution in [0.3, 0.4) is 0 Å². The number of rotatable bonds is 3. The lowest BCUT2D eigenvalue weighted by molar-refractivity contribution is 1.26. The second-order valence-electron chi connectivity index (χ2n) is 1.94. The van der Waals surface area contributed by atoms with Gasteiger partial charge in [0.15, 0.2) is 0 Å². The first kappa shape index (κ1) is 9.08. The van der Waals surface area contributed by atoms with E-state index in [1.54, 1.807) is 13.1 Å². The Kier molecular flexibility index (Phi) is 4.46. The number of hydrogen-bond donors (Lipinski definition) is 1. The maximum atomic E-state index is 7.43. The van der Waals surface area contributed by atoms with Crippen molar-refractivity contribution < 1.29 is 0 Å². The van der Waals surface area contributed by atoms with Crippen LogP contribution in [0.15, 0.2) is 17.1 Å². The van der Waals surface area contributed by atoms with Crippen LogP contribution in [0.5, 0.6) is 0 Å². The van der Waals surface area contributed by atoms with Gasteiger partial charge in [-0.05, 0) is 19.4 Å². The fourth-order valence-electron chi connectivity index (χ4n) is 0.732. The summed E-state index contributed by atoms with van der Waals surface area (Å²) in [6, 6.07) is 0. The fourth-order valence-corrected chi connectivity index (χ4v) is 0.732. The highest BCUT2D eigenvalue weighted by atomic mass is 14.7. The molecule has 0 aromatic carbocycles. The largest absolute Gasteiger partial charge is 0.299 e. The van der Waals surface area contributed by atoms with E-state index in [4.69, 9.17) is 5.41 Å². The molecule has 0 bridgehead atoms. The molecule has 0 spiro atoms. The topological polar surface area (TPSA) is 36.2 Å². The van der Waals surface area contributed by atoms with E-state index in [2.05, 4.69) is 4.99 Å². The van der Waals surface area contributed by atoms with Crippen molar-refractivity contribution in [3.8, 4) is 0 Å². The van der Waals surface area contributed by atoms with Crippen LogP contribution < -0.4 is 0 Å². The number of nitrogens with one attached hydrogen (secondary N) is 1. The van der Waals surface area contributed by atoms with Gasteiger partial charge in [-0.3, -0.25) is 10.4 Å². The van der Waals surface area contributed by atoms with Crippen LogP contribution in [0.4, 0.5) is 0 Å². The predicted molar refractivity (Wildman–Crippen MR) is 46.2 cm³/mol. The van der Waals surface area contributed by atoms with Gasteiger partial charge in [0.05, 0.1) is 11.4 Å². The standard InChI is InChI=1S/C8H14N2/c1-4-6-7(9)8(5-2)10-3/h4,6,9H,5H2,1-3H3. The number of nitrogens with zero attached hydrogens (tertiary/aromatic N) is 1. The molecule has 0 saturated heterocycles. The van der Waals surface area contributed by atoms with Gasteiger partial charge in [0.25, 0.3) is 0 Å². The van der Waals surface area contributed by atoms with Crippen molar-refractivity contribution in [3.05, 3.63) is 12.2 Å². The van der Waals surface area contributed by atoms with Crippen molar-refractivity contribution in [2.45, 2.75) is 20.3 Å². The minimum Gasteiger partial charge on any atom is -0.299 e. The van der Waals surface area contributed by atoms with E-state index < -0.39 is 0 Å². The third-order valence-electron chi connectivity index (χ3n) is 1.25. The maximum Gasteiger partial charge on any atom is 0.0746 e. The van der Waals surface area contributed by atoms with E-state index >= 15 is 0 Å². The van der Waals surface area contributed by atoms with Crippen molar-refractivity contribution in [1.82, 2.24) is 0 Å². The molecule has 0 rings (SSSR count). The average molecular weight is 138 g/mol. The van der Waals surface area contributed by atoms with Crippen molar-refractivity contribution in [2.24, 2.45) is 4.99 Å². The predicted octanol–water partition coefficient (Wildman–Crippen LogP) is 2.06. The SMILES string of the molecule is CC=CC(=N)C(CC)=NC. The molecule has 2 nitrogen and oxygen atoms in total. The molecule has 0 aliphatic carbocycles. The number of hydrogen-bond acceptors (Lipinski definition) is 2. The summed E-state index contributed by atoms with van der Waals surface area (Å²) in [7, 11) is 1.72. The summed E-state index contributed by atoms with van der Waals surface area (Å²) < 4.78 is 0. The van der Waals surface area contributed by atoms with Crippen molar-refractivity contribution in [2.75, 3.05) is 7.05 Å². The van der Waals surface area contributed by atoms with E-state index in [-0.39, 0.29) is 0 Å². The second-order valence-corrected chi connectivity index (χ2v) is 1.94. The lowest BCUT2D eigenvalue weighted by atomic mass is 10.2. The van der Waals surface area contributed by atoms with E-state index in [0.717, 1.165) is 12.1 Å². The summed E-state index contributed by atoms with van der Waals surface area (Å²) in [6.45, 7) is 3.90. The molecule has 56 valence electrons. The van der Waals surface area contributed by atoms with Crippen molar-refractivity contribution in [3.63, 3.8) is 0 Å². The van der Waals surface area contributed by atoms with E-state index in [1.165, 1.54) is 0 Å². The third kappa shape index (κ3) is 2.58. The van der Waals surface area contributed by atoms with Gasteiger partial charge in [-0.15, -0.1) is 0 Å². The molecule has 0 radical (unpaired) electrons. The summed E-state index contributed by atoms with van der Waals surface area (Å²) in [5.74, 6) is 0. The summed E-state index contributed by atoms with van der Waals surface area (Å²) in [5, 5.41) is 7.43. The van der Waals surface area contributed by atoms with Crippen molar-refractivity contribution in [1.29, 1.82) is 5.41 Å². The smallest absolute Gasteiger partial charge is 0.0746 e. The average Bonchev–Trinajstić information content (AvgIpc) is 1.91. The fraction of sp³-hybridized carbons (Fsp3) is 0.500. The van der Waals surface area contributed by atoms with Gasteiger partial charge >= 0.3 is 0 Å². The Balaban J connectivity index is 4.18. The highest BCUT2D eigenvalue weighted by Crippen LogP contribution is 1.89. The van der Waals surface area contributed by atoms with Crippen LogP contribution in [0, 0.1) is 5.41 Å². The molecular weight excluding hydrogens is 124 g/mol. The highest BCUT2D eigenvalue weighted by molar-refractivity contribution is 6.45. The lowest BCUT2D eigenvalue weighted by Crippen LogP contribution is -2.08. The monoisotopic (exact) mass is 138 g/mol. The maximum absolute atomic E-state index is 7.43. The minimum atomic E-state index is 0.521. The van der Waals surface area contributed by atoms with Gasteiger partial charge < -0.3 is 0 Å². The molecule has 0 amide bonds. The van der Waals surface area contributed by atoms with Gasteiger partial charge in [0.2, 0.25) is 0 Å². The van der Waals surface area contributed by atoms with E-state index in [9.17, 15) is 0 Å². The first-order chi connectivity index (χ1) is 4.76. The van der Waals surface area contributed by atoms with Crippen LogP contribution in [0.2, 0.25) is 0 Å². The first-order valence-electron chi connectivity index (χ1n) is 3.43. The molecule has 10 heavy (non-hydrogen) atoms. The zero-order valence-electron chi connectivity index (χ0n) is 6.81. The zero-order chi connectivity index (χ0) is 7.98. The molecule has 0 aliphatic rings. The second kappa shape index (κ2) is 4.91. The molecule has 0 saturated carbocycles.